The molecule has 1 aromatic rings. The van der Waals surface area contributed by atoms with E-state index in [0.717, 1.165) is 0 Å². The van der Waals surface area contributed by atoms with E-state index >= 15 is 0 Å². The molecule has 1 fully saturated rings. The highest BCUT2D eigenvalue weighted by Gasteiger charge is 2.23. The van der Waals surface area contributed by atoms with Crippen molar-refractivity contribution in [1.82, 2.24) is 0 Å². The van der Waals surface area contributed by atoms with E-state index in [1.54, 1.807) is 18.2 Å². The lowest BCUT2D eigenvalue weighted by atomic mass is 10.2. The maximum Gasteiger partial charge on any atom is 0.192 e. The zero-order valence-corrected chi connectivity index (χ0v) is 5.86. The van der Waals surface area contributed by atoms with Crippen LogP contribution in [-0.4, -0.2) is 11.9 Å². The largest absolute Gasteiger partial charge is 0.507 e. The average molecular weight is 152 g/mol. The Morgan fingerprint density at radius 1 is 1.27 bits per heavy atom. The van der Waals surface area contributed by atoms with Crippen molar-refractivity contribution in [3.05, 3.63) is 29.8 Å². The van der Waals surface area contributed by atoms with Gasteiger partial charge in [-0.05, 0) is 6.07 Å². The van der Waals surface area contributed by atoms with Crippen LogP contribution in [0, 0.1) is 0 Å². The summed E-state index contributed by atoms with van der Waals surface area (Å²) in [5.74, 6) is 0.220. The Bertz CT molecular complexity index is 255. The van der Waals surface area contributed by atoms with Crippen LogP contribution in [0.3, 0.4) is 0 Å². The number of benzene rings is 1. The summed E-state index contributed by atoms with van der Waals surface area (Å²) in [6.45, 7) is 0.318. The van der Waals surface area contributed by atoms with E-state index in [9.17, 15) is 5.11 Å². The van der Waals surface area contributed by atoms with E-state index in [1.807, 2.05) is 6.07 Å². The van der Waals surface area contributed by atoms with Crippen LogP contribution in [0.15, 0.2) is 24.3 Å². The first-order valence-corrected chi connectivity index (χ1v) is 3.39. The van der Waals surface area contributed by atoms with Gasteiger partial charge in [-0.1, -0.05) is 18.2 Å². The summed E-state index contributed by atoms with van der Waals surface area (Å²) in [6, 6.07) is 6.98. The molecule has 2 rings (SSSR count). The highest BCUT2D eigenvalue weighted by Crippen LogP contribution is 2.31. The molecule has 1 aliphatic rings. The van der Waals surface area contributed by atoms with Crippen molar-refractivity contribution in [2.45, 2.75) is 6.29 Å². The van der Waals surface area contributed by atoms with Crippen LogP contribution < -0.4 is 0 Å². The van der Waals surface area contributed by atoms with Gasteiger partial charge in [0.05, 0.1) is 0 Å². The molecule has 3 nitrogen and oxygen atoms in total. The number of phenolic OH excluding ortho intramolecular Hbond substituents is 1. The van der Waals surface area contributed by atoms with E-state index in [4.69, 9.17) is 9.47 Å². The van der Waals surface area contributed by atoms with Crippen molar-refractivity contribution < 1.29 is 14.6 Å². The maximum atomic E-state index is 9.29. The second-order valence-corrected chi connectivity index (χ2v) is 2.34. The van der Waals surface area contributed by atoms with Gasteiger partial charge < -0.3 is 14.6 Å². The third-order valence-corrected chi connectivity index (χ3v) is 1.63. The zero-order valence-electron chi connectivity index (χ0n) is 5.86. The number of hydrogen-bond donors (Lipinski definition) is 1. The van der Waals surface area contributed by atoms with Crippen LogP contribution >= 0.6 is 0 Å². The Morgan fingerprint density at radius 3 is 2.55 bits per heavy atom. The molecule has 0 bridgehead atoms. The quantitative estimate of drug-likeness (QED) is 0.661. The standard InChI is InChI=1S/C8H8O3/c9-7-4-2-1-3-6(7)8-10-5-11-8/h1-4,8-9H,5H2. The summed E-state index contributed by atoms with van der Waals surface area (Å²) in [5.41, 5.74) is 0.693. The number of para-hydroxylation sites is 1. The lowest BCUT2D eigenvalue weighted by Gasteiger charge is -2.27. The fourth-order valence-corrected chi connectivity index (χ4v) is 1.00. The van der Waals surface area contributed by atoms with Gasteiger partial charge in [-0.3, -0.25) is 0 Å². The van der Waals surface area contributed by atoms with Crippen molar-refractivity contribution in [3.8, 4) is 5.75 Å². The van der Waals surface area contributed by atoms with Gasteiger partial charge in [-0.25, -0.2) is 0 Å². The lowest BCUT2D eigenvalue weighted by molar-refractivity contribution is -0.327. The van der Waals surface area contributed by atoms with Crippen molar-refractivity contribution >= 4 is 0 Å². The Morgan fingerprint density at radius 2 is 2.00 bits per heavy atom. The molecule has 0 amide bonds. The predicted octanol–water partition coefficient (Wildman–Crippen LogP) is 1.40. The smallest absolute Gasteiger partial charge is 0.192 e. The number of hydrogen-bond acceptors (Lipinski definition) is 3. The third-order valence-electron chi connectivity index (χ3n) is 1.63. The van der Waals surface area contributed by atoms with Gasteiger partial charge in [0.1, 0.15) is 5.75 Å². The topological polar surface area (TPSA) is 38.7 Å². The highest BCUT2D eigenvalue weighted by atomic mass is 16.8. The average Bonchev–Trinajstić information content (AvgIpc) is 1.90. The number of ether oxygens (including phenoxy) is 2. The van der Waals surface area contributed by atoms with E-state index in [1.165, 1.54) is 0 Å². The van der Waals surface area contributed by atoms with Gasteiger partial charge >= 0.3 is 0 Å². The second kappa shape index (κ2) is 2.53. The maximum absolute atomic E-state index is 9.29. The summed E-state index contributed by atoms with van der Waals surface area (Å²) in [6.07, 6.45) is -0.365. The summed E-state index contributed by atoms with van der Waals surface area (Å²) in [5, 5.41) is 9.29. The van der Waals surface area contributed by atoms with Gasteiger partial charge in [-0.15, -0.1) is 0 Å². The minimum Gasteiger partial charge on any atom is -0.507 e. The fraction of sp³-hybridized carbons (Fsp3) is 0.250. The fourth-order valence-electron chi connectivity index (χ4n) is 1.00. The van der Waals surface area contributed by atoms with Crippen LogP contribution in [0.2, 0.25) is 0 Å². The molecule has 58 valence electrons. The number of aromatic hydroxyl groups is 1. The molecule has 0 atom stereocenters. The molecule has 0 radical (unpaired) electrons. The second-order valence-electron chi connectivity index (χ2n) is 2.34. The van der Waals surface area contributed by atoms with Crippen LogP contribution in [0.1, 0.15) is 11.9 Å². The first-order valence-electron chi connectivity index (χ1n) is 3.39. The van der Waals surface area contributed by atoms with Crippen molar-refractivity contribution in [3.63, 3.8) is 0 Å². The normalized spacial score (nSPS) is 17.8. The molecule has 1 saturated heterocycles. The van der Waals surface area contributed by atoms with Gasteiger partial charge in [0.15, 0.2) is 13.1 Å². The zero-order chi connectivity index (χ0) is 7.68. The van der Waals surface area contributed by atoms with Gasteiger partial charge in [-0.2, -0.15) is 0 Å². The predicted molar refractivity (Wildman–Crippen MR) is 37.9 cm³/mol. The summed E-state index contributed by atoms with van der Waals surface area (Å²) >= 11 is 0. The number of phenols is 1. The molecule has 0 saturated carbocycles. The lowest BCUT2D eigenvalue weighted by Crippen LogP contribution is -2.21. The Labute approximate surface area is 64.2 Å². The first kappa shape index (κ1) is 6.64. The summed E-state index contributed by atoms with van der Waals surface area (Å²) in [7, 11) is 0. The summed E-state index contributed by atoms with van der Waals surface area (Å²) in [4.78, 5) is 0. The van der Waals surface area contributed by atoms with E-state index in [-0.39, 0.29) is 12.0 Å². The van der Waals surface area contributed by atoms with Crippen LogP contribution in [0.25, 0.3) is 0 Å². The van der Waals surface area contributed by atoms with Gasteiger partial charge in [0.2, 0.25) is 0 Å². The molecule has 0 unspecified atom stereocenters. The Kier molecular flexibility index (Phi) is 1.52. The third kappa shape index (κ3) is 1.08. The molecule has 0 aromatic heterocycles. The minimum atomic E-state index is -0.365. The molecule has 0 aliphatic carbocycles. The first-order chi connectivity index (χ1) is 5.38. The van der Waals surface area contributed by atoms with Crippen LogP contribution in [-0.2, 0) is 9.47 Å². The Balaban J connectivity index is 2.28. The van der Waals surface area contributed by atoms with Gasteiger partial charge in [0.25, 0.3) is 0 Å². The van der Waals surface area contributed by atoms with Crippen molar-refractivity contribution in [2.24, 2.45) is 0 Å². The van der Waals surface area contributed by atoms with Crippen LogP contribution in [0.4, 0.5) is 0 Å². The number of rotatable bonds is 1. The SMILES string of the molecule is Oc1ccccc1C1OCO1. The van der Waals surface area contributed by atoms with E-state index < -0.39 is 0 Å². The Hall–Kier alpha value is -1.06. The summed E-state index contributed by atoms with van der Waals surface area (Å²) < 4.78 is 10.0. The van der Waals surface area contributed by atoms with Crippen LogP contribution in [0.5, 0.6) is 5.75 Å². The van der Waals surface area contributed by atoms with E-state index in [2.05, 4.69) is 0 Å². The monoisotopic (exact) mass is 152 g/mol. The molecule has 1 aliphatic heterocycles. The highest BCUT2D eigenvalue weighted by molar-refractivity contribution is 5.32. The molecular formula is C8H8O3. The molecule has 1 heterocycles. The van der Waals surface area contributed by atoms with E-state index in [0.29, 0.717) is 12.4 Å². The van der Waals surface area contributed by atoms with Crippen molar-refractivity contribution in [2.75, 3.05) is 6.79 Å². The molecule has 1 N–H and O–H groups in total. The molecule has 0 spiro atoms. The van der Waals surface area contributed by atoms with Gasteiger partial charge in [0, 0.05) is 5.56 Å². The molecule has 3 heteroatoms. The minimum absolute atomic E-state index is 0.220. The van der Waals surface area contributed by atoms with Crippen molar-refractivity contribution in [1.29, 1.82) is 0 Å². The molecule has 1 aromatic carbocycles. The molecular weight excluding hydrogens is 144 g/mol. The molecule has 11 heavy (non-hydrogen) atoms.